The number of hydrogen-bond donors (Lipinski definition) is 2. The normalized spacial score (nSPS) is 33.9. The van der Waals surface area contributed by atoms with Crippen molar-refractivity contribution in [3.63, 3.8) is 0 Å². The lowest BCUT2D eigenvalue weighted by Gasteiger charge is -2.30. The van der Waals surface area contributed by atoms with Crippen molar-refractivity contribution >= 4 is 5.91 Å². The van der Waals surface area contributed by atoms with Gasteiger partial charge in [-0.3, -0.25) is 4.79 Å². The van der Waals surface area contributed by atoms with Crippen molar-refractivity contribution in [3.05, 3.63) is 12.2 Å². The SMILES string of the molecule is O=C(NC1CC1)C1CCCC(NCC2CC=CCC2)C1. The molecule has 2 fully saturated rings. The Hall–Kier alpha value is -0.830. The van der Waals surface area contributed by atoms with Crippen LogP contribution in [0.1, 0.15) is 57.8 Å². The molecule has 20 heavy (non-hydrogen) atoms. The van der Waals surface area contributed by atoms with E-state index in [0.717, 1.165) is 25.3 Å². The molecular weight excluding hydrogens is 248 g/mol. The predicted octanol–water partition coefficient (Wildman–Crippen LogP) is 2.77. The molecule has 3 unspecified atom stereocenters. The number of allylic oxidation sites excluding steroid dienone is 2. The lowest BCUT2D eigenvalue weighted by Crippen LogP contribution is -2.42. The van der Waals surface area contributed by atoms with Crippen LogP contribution in [0.25, 0.3) is 0 Å². The van der Waals surface area contributed by atoms with Crippen LogP contribution in [0, 0.1) is 11.8 Å². The fourth-order valence-electron chi connectivity index (χ4n) is 3.54. The minimum atomic E-state index is 0.258. The van der Waals surface area contributed by atoms with Gasteiger partial charge in [-0.1, -0.05) is 18.6 Å². The molecule has 2 saturated carbocycles. The maximum atomic E-state index is 12.2. The summed E-state index contributed by atoms with van der Waals surface area (Å²) in [7, 11) is 0. The molecule has 0 aromatic carbocycles. The van der Waals surface area contributed by atoms with E-state index in [1.807, 2.05) is 0 Å². The van der Waals surface area contributed by atoms with Crippen molar-refractivity contribution in [3.8, 4) is 0 Å². The summed E-state index contributed by atoms with van der Waals surface area (Å²) in [6.45, 7) is 1.13. The highest BCUT2D eigenvalue weighted by Crippen LogP contribution is 2.27. The molecule has 0 aromatic rings. The second-order valence-corrected chi connectivity index (χ2v) is 6.90. The van der Waals surface area contributed by atoms with Crippen LogP contribution in [-0.4, -0.2) is 24.5 Å². The number of amides is 1. The summed E-state index contributed by atoms with van der Waals surface area (Å²) in [5.74, 6) is 1.38. The Labute approximate surface area is 122 Å². The van der Waals surface area contributed by atoms with E-state index in [-0.39, 0.29) is 5.92 Å². The molecule has 0 radical (unpaired) electrons. The predicted molar refractivity (Wildman–Crippen MR) is 81.4 cm³/mol. The van der Waals surface area contributed by atoms with Crippen LogP contribution >= 0.6 is 0 Å². The number of rotatable bonds is 5. The van der Waals surface area contributed by atoms with Gasteiger partial charge in [0, 0.05) is 18.0 Å². The maximum Gasteiger partial charge on any atom is 0.223 e. The third-order valence-electron chi connectivity index (χ3n) is 5.04. The van der Waals surface area contributed by atoms with Gasteiger partial charge in [-0.05, 0) is 63.8 Å². The monoisotopic (exact) mass is 276 g/mol. The molecule has 3 rings (SSSR count). The molecule has 0 aliphatic heterocycles. The summed E-state index contributed by atoms with van der Waals surface area (Å²) < 4.78 is 0. The van der Waals surface area contributed by atoms with Gasteiger partial charge in [0.05, 0.1) is 0 Å². The first-order valence-corrected chi connectivity index (χ1v) is 8.50. The zero-order valence-electron chi connectivity index (χ0n) is 12.4. The van der Waals surface area contributed by atoms with Gasteiger partial charge in [-0.15, -0.1) is 0 Å². The topological polar surface area (TPSA) is 41.1 Å². The van der Waals surface area contributed by atoms with Gasteiger partial charge in [-0.25, -0.2) is 0 Å². The average Bonchev–Trinajstić information content (AvgIpc) is 3.30. The van der Waals surface area contributed by atoms with Crippen LogP contribution in [0.3, 0.4) is 0 Å². The molecule has 112 valence electrons. The van der Waals surface area contributed by atoms with Crippen molar-refractivity contribution in [1.29, 1.82) is 0 Å². The first-order valence-electron chi connectivity index (χ1n) is 8.50. The second-order valence-electron chi connectivity index (χ2n) is 6.90. The van der Waals surface area contributed by atoms with Gasteiger partial charge < -0.3 is 10.6 Å². The Balaban J connectivity index is 1.40. The van der Waals surface area contributed by atoms with Crippen LogP contribution in [0.5, 0.6) is 0 Å². The van der Waals surface area contributed by atoms with Gasteiger partial charge in [0.15, 0.2) is 0 Å². The molecule has 0 saturated heterocycles. The van der Waals surface area contributed by atoms with Crippen LogP contribution < -0.4 is 10.6 Å². The van der Waals surface area contributed by atoms with Gasteiger partial charge >= 0.3 is 0 Å². The van der Waals surface area contributed by atoms with Crippen LogP contribution in [-0.2, 0) is 4.79 Å². The number of hydrogen-bond acceptors (Lipinski definition) is 2. The van der Waals surface area contributed by atoms with Crippen molar-refractivity contribution in [1.82, 2.24) is 10.6 Å². The third-order valence-corrected chi connectivity index (χ3v) is 5.04. The lowest BCUT2D eigenvalue weighted by molar-refractivity contribution is -0.126. The summed E-state index contributed by atoms with van der Waals surface area (Å²) in [4.78, 5) is 12.2. The van der Waals surface area contributed by atoms with Crippen molar-refractivity contribution in [2.75, 3.05) is 6.54 Å². The molecule has 3 aliphatic carbocycles. The molecule has 3 aliphatic rings. The van der Waals surface area contributed by atoms with Crippen LogP contribution in [0.4, 0.5) is 0 Å². The number of carbonyl (C=O) groups is 1. The Kier molecular flexibility index (Phi) is 4.77. The summed E-state index contributed by atoms with van der Waals surface area (Å²) >= 11 is 0. The van der Waals surface area contributed by atoms with E-state index in [1.54, 1.807) is 0 Å². The molecule has 0 aromatic heterocycles. The molecule has 1 amide bonds. The standard InChI is InChI=1S/C17H28N2O/c20-17(19-15-9-10-15)14-7-4-8-16(11-14)18-12-13-5-2-1-3-6-13/h1-2,13-16,18H,3-12H2,(H,19,20). The average molecular weight is 276 g/mol. The zero-order chi connectivity index (χ0) is 13.8. The highest BCUT2D eigenvalue weighted by Gasteiger charge is 2.31. The molecule has 3 atom stereocenters. The Morgan fingerprint density at radius 1 is 1.05 bits per heavy atom. The second kappa shape index (κ2) is 6.75. The van der Waals surface area contributed by atoms with Crippen molar-refractivity contribution in [2.24, 2.45) is 11.8 Å². The first-order chi connectivity index (χ1) is 9.81. The minimum Gasteiger partial charge on any atom is -0.353 e. The Morgan fingerprint density at radius 3 is 2.70 bits per heavy atom. The third kappa shape index (κ3) is 4.08. The van der Waals surface area contributed by atoms with E-state index >= 15 is 0 Å². The van der Waals surface area contributed by atoms with Crippen LogP contribution in [0.2, 0.25) is 0 Å². The number of carbonyl (C=O) groups excluding carboxylic acids is 1. The van der Waals surface area contributed by atoms with Crippen molar-refractivity contribution < 1.29 is 4.79 Å². The quantitative estimate of drug-likeness (QED) is 0.758. The molecule has 3 nitrogen and oxygen atoms in total. The molecule has 0 bridgehead atoms. The van der Waals surface area contributed by atoms with Gasteiger partial charge in [0.1, 0.15) is 0 Å². The Morgan fingerprint density at radius 2 is 1.95 bits per heavy atom. The van der Waals surface area contributed by atoms with E-state index < -0.39 is 0 Å². The molecule has 3 heteroatoms. The number of nitrogens with one attached hydrogen (secondary N) is 2. The fourth-order valence-corrected chi connectivity index (χ4v) is 3.54. The van der Waals surface area contributed by atoms with E-state index in [0.29, 0.717) is 18.0 Å². The smallest absolute Gasteiger partial charge is 0.223 e. The van der Waals surface area contributed by atoms with Crippen LogP contribution in [0.15, 0.2) is 12.2 Å². The molecule has 0 spiro atoms. The highest BCUT2D eigenvalue weighted by atomic mass is 16.2. The zero-order valence-corrected chi connectivity index (χ0v) is 12.4. The van der Waals surface area contributed by atoms with E-state index in [2.05, 4.69) is 22.8 Å². The molecule has 0 heterocycles. The largest absolute Gasteiger partial charge is 0.353 e. The fraction of sp³-hybridized carbons (Fsp3) is 0.824. The first kappa shape index (κ1) is 14.1. The maximum absolute atomic E-state index is 12.2. The Bertz CT molecular complexity index is 362. The van der Waals surface area contributed by atoms with E-state index in [4.69, 9.17) is 0 Å². The summed E-state index contributed by atoms with van der Waals surface area (Å²) in [5.41, 5.74) is 0. The lowest BCUT2D eigenvalue weighted by atomic mass is 9.84. The van der Waals surface area contributed by atoms with Gasteiger partial charge in [-0.2, -0.15) is 0 Å². The van der Waals surface area contributed by atoms with Crippen molar-refractivity contribution in [2.45, 2.75) is 69.9 Å². The van der Waals surface area contributed by atoms with Gasteiger partial charge in [0.25, 0.3) is 0 Å². The molecule has 2 N–H and O–H groups in total. The highest BCUT2D eigenvalue weighted by molar-refractivity contribution is 5.79. The summed E-state index contributed by atoms with van der Waals surface area (Å²) in [6.07, 6.45) is 15.4. The summed E-state index contributed by atoms with van der Waals surface area (Å²) in [6, 6.07) is 1.06. The molecular formula is C17H28N2O. The summed E-state index contributed by atoms with van der Waals surface area (Å²) in [5, 5.41) is 6.90. The van der Waals surface area contributed by atoms with Gasteiger partial charge in [0.2, 0.25) is 5.91 Å². The minimum absolute atomic E-state index is 0.258. The van der Waals surface area contributed by atoms with E-state index in [1.165, 1.54) is 44.9 Å². The van der Waals surface area contributed by atoms with E-state index in [9.17, 15) is 4.79 Å².